The van der Waals surface area contributed by atoms with E-state index < -0.39 is 0 Å². The molecule has 0 atom stereocenters. The van der Waals surface area contributed by atoms with Gasteiger partial charge in [-0.2, -0.15) is 0 Å². The largest absolute Gasteiger partial charge is 0.349 e. The SMILES string of the molecule is CCn1c(=N)c(C(=O)NC2CCCC2)cc2c(=O)n3cccc(C)c3nc21. The fourth-order valence-corrected chi connectivity index (χ4v) is 3.91. The Bertz CT molecular complexity index is 1170. The average Bonchev–Trinajstić information content (AvgIpc) is 3.15. The van der Waals surface area contributed by atoms with Gasteiger partial charge in [-0.3, -0.25) is 19.4 Å². The molecule has 0 saturated heterocycles. The van der Waals surface area contributed by atoms with Crippen LogP contribution >= 0.6 is 0 Å². The number of hydrogen-bond donors (Lipinski definition) is 2. The molecule has 1 aliphatic rings. The summed E-state index contributed by atoms with van der Waals surface area (Å²) >= 11 is 0. The smallest absolute Gasteiger partial charge is 0.267 e. The molecule has 0 aromatic carbocycles. The molecule has 4 rings (SSSR count). The Morgan fingerprint density at radius 3 is 2.78 bits per heavy atom. The van der Waals surface area contributed by atoms with Crippen LogP contribution < -0.4 is 16.4 Å². The van der Waals surface area contributed by atoms with E-state index in [1.165, 1.54) is 10.5 Å². The van der Waals surface area contributed by atoms with Crippen LogP contribution in [0.15, 0.2) is 29.2 Å². The van der Waals surface area contributed by atoms with Crippen LogP contribution in [-0.4, -0.2) is 25.9 Å². The molecule has 3 aromatic rings. The van der Waals surface area contributed by atoms with Gasteiger partial charge in [-0.05, 0) is 44.4 Å². The molecule has 1 fully saturated rings. The highest BCUT2D eigenvalue weighted by molar-refractivity contribution is 5.97. The maximum Gasteiger partial charge on any atom is 0.267 e. The highest BCUT2D eigenvalue weighted by atomic mass is 16.2. The van der Waals surface area contributed by atoms with Gasteiger partial charge in [-0.1, -0.05) is 18.9 Å². The van der Waals surface area contributed by atoms with Gasteiger partial charge in [0, 0.05) is 18.8 Å². The van der Waals surface area contributed by atoms with Crippen molar-refractivity contribution >= 4 is 22.6 Å². The van der Waals surface area contributed by atoms with Gasteiger partial charge in [0.15, 0.2) is 0 Å². The second-order valence-electron chi connectivity index (χ2n) is 7.14. The molecule has 3 aromatic heterocycles. The Morgan fingerprint density at radius 1 is 1.33 bits per heavy atom. The lowest BCUT2D eigenvalue weighted by Gasteiger charge is -2.15. The molecule has 27 heavy (non-hydrogen) atoms. The predicted molar refractivity (Wildman–Crippen MR) is 103 cm³/mol. The van der Waals surface area contributed by atoms with Crippen LogP contribution in [0.1, 0.15) is 48.5 Å². The van der Waals surface area contributed by atoms with Crippen LogP contribution in [0.5, 0.6) is 0 Å². The summed E-state index contributed by atoms with van der Waals surface area (Å²) in [5, 5.41) is 11.9. The van der Waals surface area contributed by atoms with Crippen molar-refractivity contribution in [3.05, 3.63) is 51.4 Å². The second kappa shape index (κ2) is 6.64. The summed E-state index contributed by atoms with van der Waals surface area (Å²) in [6.45, 7) is 4.24. The maximum atomic E-state index is 13.1. The summed E-state index contributed by atoms with van der Waals surface area (Å²) in [4.78, 5) is 30.5. The third-order valence-corrected chi connectivity index (χ3v) is 5.38. The molecule has 0 bridgehead atoms. The van der Waals surface area contributed by atoms with Gasteiger partial charge in [0.2, 0.25) is 0 Å². The third-order valence-electron chi connectivity index (χ3n) is 5.38. The average molecular weight is 365 g/mol. The summed E-state index contributed by atoms with van der Waals surface area (Å²) in [7, 11) is 0. The number of aromatic nitrogens is 3. The van der Waals surface area contributed by atoms with Crippen molar-refractivity contribution in [1.29, 1.82) is 5.41 Å². The lowest BCUT2D eigenvalue weighted by Crippen LogP contribution is -2.38. The van der Waals surface area contributed by atoms with E-state index in [-0.39, 0.29) is 28.6 Å². The van der Waals surface area contributed by atoms with E-state index in [2.05, 4.69) is 10.3 Å². The minimum Gasteiger partial charge on any atom is -0.349 e. The van der Waals surface area contributed by atoms with Crippen LogP contribution in [0.25, 0.3) is 16.7 Å². The minimum absolute atomic E-state index is 0.0883. The molecule has 0 spiro atoms. The van der Waals surface area contributed by atoms with Crippen molar-refractivity contribution in [2.45, 2.75) is 52.1 Å². The monoisotopic (exact) mass is 365 g/mol. The first-order valence-corrected chi connectivity index (χ1v) is 9.42. The molecule has 1 saturated carbocycles. The van der Waals surface area contributed by atoms with Crippen molar-refractivity contribution < 1.29 is 4.79 Å². The zero-order valence-corrected chi connectivity index (χ0v) is 15.6. The van der Waals surface area contributed by atoms with E-state index in [1.54, 1.807) is 16.8 Å². The first kappa shape index (κ1) is 17.5. The van der Waals surface area contributed by atoms with E-state index in [1.807, 2.05) is 19.9 Å². The molecule has 1 aliphatic carbocycles. The van der Waals surface area contributed by atoms with E-state index in [9.17, 15) is 9.59 Å². The molecule has 7 nitrogen and oxygen atoms in total. The van der Waals surface area contributed by atoms with Crippen molar-refractivity contribution in [3.63, 3.8) is 0 Å². The van der Waals surface area contributed by atoms with Gasteiger partial charge >= 0.3 is 0 Å². The Labute approximate surface area is 156 Å². The van der Waals surface area contributed by atoms with E-state index in [0.717, 1.165) is 31.2 Å². The van der Waals surface area contributed by atoms with Crippen LogP contribution in [0, 0.1) is 12.3 Å². The van der Waals surface area contributed by atoms with Crippen molar-refractivity contribution in [1.82, 2.24) is 19.3 Å². The molecule has 140 valence electrons. The summed E-state index contributed by atoms with van der Waals surface area (Å²) in [5.41, 5.74) is 1.98. The molecule has 0 aliphatic heterocycles. The lowest BCUT2D eigenvalue weighted by atomic mass is 10.1. The number of carbonyl (C=O) groups excluding carboxylic acids is 1. The Morgan fingerprint density at radius 2 is 2.07 bits per heavy atom. The Kier molecular flexibility index (Phi) is 4.30. The molecule has 0 unspecified atom stereocenters. The number of rotatable bonds is 3. The zero-order chi connectivity index (χ0) is 19.1. The normalized spacial score (nSPS) is 14.9. The molecule has 0 radical (unpaired) electrons. The first-order valence-electron chi connectivity index (χ1n) is 9.42. The third kappa shape index (κ3) is 2.83. The topological polar surface area (TPSA) is 92.2 Å². The van der Waals surface area contributed by atoms with Crippen LogP contribution in [-0.2, 0) is 6.54 Å². The summed E-state index contributed by atoms with van der Waals surface area (Å²) < 4.78 is 3.13. The standard InChI is InChI=1S/C20H23N5O2/c1-3-24-16(21)14(19(26)22-13-8-4-5-9-13)11-15-18(24)23-17-12(2)7-6-10-25(17)20(15)27/h6-7,10-11,13,21H,3-5,8-9H2,1-2H3,(H,22,26). The predicted octanol–water partition coefficient (Wildman–Crippen LogP) is 2.13. The molecular weight excluding hydrogens is 342 g/mol. The van der Waals surface area contributed by atoms with Gasteiger partial charge in [-0.25, -0.2) is 4.98 Å². The summed E-state index contributed by atoms with van der Waals surface area (Å²) in [6.07, 6.45) is 5.84. The highest BCUT2D eigenvalue weighted by Gasteiger charge is 2.21. The van der Waals surface area contributed by atoms with Gasteiger partial charge in [0.25, 0.3) is 11.5 Å². The number of pyridine rings is 2. The Hall–Kier alpha value is -2.96. The number of nitrogens with zero attached hydrogens (tertiary/aromatic N) is 3. The van der Waals surface area contributed by atoms with Gasteiger partial charge in [0.1, 0.15) is 16.8 Å². The van der Waals surface area contributed by atoms with Gasteiger partial charge in [0.05, 0.1) is 10.9 Å². The van der Waals surface area contributed by atoms with Gasteiger partial charge in [-0.15, -0.1) is 0 Å². The maximum absolute atomic E-state index is 13.1. The number of fused-ring (bicyclic) bond motifs is 2. The quantitative estimate of drug-likeness (QED) is 0.697. The molecule has 1 amide bonds. The van der Waals surface area contributed by atoms with Crippen molar-refractivity contribution in [2.24, 2.45) is 0 Å². The number of aryl methyl sites for hydroxylation is 2. The molecule has 3 heterocycles. The number of carbonyl (C=O) groups is 1. The molecule has 7 heteroatoms. The van der Waals surface area contributed by atoms with Crippen molar-refractivity contribution in [2.75, 3.05) is 0 Å². The fourth-order valence-electron chi connectivity index (χ4n) is 3.91. The van der Waals surface area contributed by atoms with E-state index in [0.29, 0.717) is 23.2 Å². The van der Waals surface area contributed by atoms with E-state index >= 15 is 0 Å². The van der Waals surface area contributed by atoms with Crippen LogP contribution in [0.2, 0.25) is 0 Å². The molecular formula is C20H23N5O2. The van der Waals surface area contributed by atoms with Crippen molar-refractivity contribution in [3.8, 4) is 0 Å². The summed E-state index contributed by atoms with van der Waals surface area (Å²) in [5.74, 6) is -0.287. The Balaban J connectivity index is 1.96. The second-order valence-corrected chi connectivity index (χ2v) is 7.14. The van der Waals surface area contributed by atoms with Gasteiger partial charge < -0.3 is 9.88 Å². The lowest BCUT2D eigenvalue weighted by molar-refractivity contribution is 0.0935. The van der Waals surface area contributed by atoms with Crippen LogP contribution in [0.4, 0.5) is 0 Å². The number of amides is 1. The van der Waals surface area contributed by atoms with Crippen LogP contribution in [0.3, 0.4) is 0 Å². The highest BCUT2D eigenvalue weighted by Crippen LogP contribution is 2.18. The summed E-state index contributed by atoms with van der Waals surface area (Å²) in [6, 6.07) is 5.38. The van der Waals surface area contributed by atoms with E-state index in [4.69, 9.17) is 5.41 Å². The molecule has 2 N–H and O–H groups in total. The first-order chi connectivity index (χ1) is 13.0. The zero-order valence-electron chi connectivity index (χ0n) is 15.6. The number of nitrogens with one attached hydrogen (secondary N) is 2. The fraction of sp³-hybridized carbons (Fsp3) is 0.400. The minimum atomic E-state index is -0.287. The number of hydrogen-bond acceptors (Lipinski definition) is 4.